The number of hydrogen-bond donors (Lipinski definition) is 0. The molecule has 0 saturated heterocycles. The standard InChI is InChI=1S/C12H6F3N3/c13-12(14,15)9-3-1-2-8(6-9)11-5-4-10(7-16)17-18-11/h1-6H. The van der Waals surface area contributed by atoms with Crippen LogP contribution in [0.2, 0.25) is 0 Å². The Morgan fingerprint density at radius 1 is 1.06 bits per heavy atom. The number of aromatic nitrogens is 2. The van der Waals surface area contributed by atoms with Crippen molar-refractivity contribution >= 4 is 0 Å². The third-order valence-corrected chi connectivity index (χ3v) is 2.26. The smallest absolute Gasteiger partial charge is 0.191 e. The van der Waals surface area contributed by atoms with Gasteiger partial charge in [-0.25, -0.2) is 0 Å². The molecule has 0 saturated carbocycles. The van der Waals surface area contributed by atoms with Crippen molar-refractivity contribution in [1.82, 2.24) is 10.2 Å². The minimum Gasteiger partial charge on any atom is -0.191 e. The van der Waals surface area contributed by atoms with Crippen LogP contribution in [0.1, 0.15) is 11.3 Å². The van der Waals surface area contributed by atoms with Crippen molar-refractivity contribution in [3.8, 4) is 17.3 Å². The predicted octanol–water partition coefficient (Wildman–Crippen LogP) is 3.03. The second-order valence-electron chi connectivity index (χ2n) is 3.49. The van der Waals surface area contributed by atoms with Crippen LogP contribution in [0.3, 0.4) is 0 Å². The van der Waals surface area contributed by atoms with Crippen molar-refractivity contribution in [3.05, 3.63) is 47.7 Å². The third-order valence-electron chi connectivity index (χ3n) is 2.26. The fraction of sp³-hybridized carbons (Fsp3) is 0.0833. The van der Waals surface area contributed by atoms with Gasteiger partial charge >= 0.3 is 6.18 Å². The summed E-state index contributed by atoms with van der Waals surface area (Å²) in [4.78, 5) is 0. The van der Waals surface area contributed by atoms with Gasteiger partial charge in [-0.1, -0.05) is 12.1 Å². The van der Waals surface area contributed by atoms with Gasteiger partial charge in [-0.2, -0.15) is 18.4 Å². The summed E-state index contributed by atoms with van der Waals surface area (Å²) in [5, 5.41) is 15.8. The van der Waals surface area contributed by atoms with Crippen LogP contribution in [0.4, 0.5) is 13.2 Å². The molecule has 0 amide bonds. The molecule has 0 bridgehead atoms. The zero-order valence-electron chi connectivity index (χ0n) is 8.94. The highest BCUT2D eigenvalue weighted by molar-refractivity contribution is 5.59. The van der Waals surface area contributed by atoms with Crippen molar-refractivity contribution in [3.63, 3.8) is 0 Å². The lowest BCUT2D eigenvalue weighted by Crippen LogP contribution is -2.04. The number of benzene rings is 1. The van der Waals surface area contributed by atoms with E-state index in [1.165, 1.54) is 24.3 Å². The molecule has 3 nitrogen and oxygen atoms in total. The van der Waals surface area contributed by atoms with Gasteiger partial charge in [0.15, 0.2) is 5.69 Å². The van der Waals surface area contributed by atoms with E-state index in [4.69, 9.17) is 5.26 Å². The fourth-order valence-electron chi connectivity index (χ4n) is 1.40. The number of halogens is 3. The molecule has 1 heterocycles. The molecule has 0 atom stereocenters. The Balaban J connectivity index is 2.42. The monoisotopic (exact) mass is 249 g/mol. The first-order valence-corrected chi connectivity index (χ1v) is 4.92. The third kappa shape index (κ3) is 2.46. The number of alkyl halides is 3. The summed E-state index contributed by atoms with van der Waals surface area (Å²) in [6.45, 7) is 0. The summed E-state index contributed by atoms with van der Waals surface area (Å²) in [6.07, 6.45) is -4.39. The first-order valence-electron chi connectivity index (χ1n) is 4.92. The van der Waals surface area contributed by atoms with Gasteiger partial charge in [-0.15, -0.1) is 10.2 Å². The molecule has 0 radical (unpaired) electrons. The van der Waals surface area contributed by atoms with E-state index >= 15 is 0 Å². The lowest BCUT2D eigenvalue weighted by molar-refractivity contribution is -0.137. The summed E-state index contributed by atoms with van der Waals surface area (Å²) in [5.41, 5.74) is -0.0289. The lowest BCUT2D eigenvalue weighted by Gasteiger charge is -2.07. The number of rotatable bonds is 1. The summed E-state index contributed by atoms with van der Waals surface area (Å²) in [5.74, 6) is 0. The second-order valence-corrected chi connectivity index (χ2v) is 3.49. The van der Waals surface area contributed by atoms with E-state index in [1.807, 2.05) is 0 Å². The van der Waals surface area contributed by atoms with E-state index in [1.54, 1.807) is 6.07 Å². The highest BCUT2D eigenvalue weighted by Gasteiger charge is 2.30. The molecule has 0 unspecified atom stereocenters. The largest absolute Gasteiger partial charge is 0.416 e. The number of nitrogens with zero attached hydrogens (tertiary/aromatic N) is 3. The Bertz CT molecular complexity index is 597. The van der Waals surface area contributed by atoms with Crippen LogP contribution in [-0.4, -0.2) is 10.2 Å². The molecular formula is C12H6F3N3. The molecule has 0 aliphatic heterocycles. The molecule has 2 rings (SSSR count). The van der Waals surface area contributed by atoms with Crippen molar-refractivity contribution in [2.24, 2.45) is 0 Å². The van der Waals surface area contributed by atoms with E-state index in [9.17, 15) is 13.2 Å². The molecule has 0 aliphatic carbocycles. The van der Waals surface area contributed by atoms with Crippen LogP contribution < -0.4 is 0 Å². The Kier molecular flexibility index (Phi) is 2.98. The molecule has 0 N–H and O–H groups in total. The minimum atomic E-state index is -4.39. The van der Waals surface area contributed by atoms with Crippen molar-refractivity contribution in [2.75, 3.05) is 0 Å². The second kappa shape index (κ2) is 4.45. The van der Waals surface area contributed by atoms with E-state index in [2.05, 4.69) is 10.2 Å². The van der Waals surface area contributed by atoms with Gasteiger partial charge in [0.25, 0.3) is 0 Å². The van der Waals surface area contributed by atoms with Crippen LogP contribution in [0, 0.1) is 11.3 Å². The average Bonchev–Trinajstić information content (AvgIpc) is 2.38. The Labute approximate surface area is 101 Å². The van der Waals surface area contributed by atoms with Crippen LogP contribution in [0.25, 0.3) is 11.3 Å². The normalized spacial score (nSPS) is 11.0. The molecule has 18 heavy (non-hydrogen) atoms. The molecule has 0 spiro atoms. The van der Waals surface area contributed by atoms with Crippen LogP contribution in [0.5, 0.6) is 0 Å². The maximum Gasteiger partial charge on any atom is 0.416 e. The minimum absolute atomic E-state index is 0.116. The first kappa shape index (κ1) is 12.0. The van der Waals surface area contributed by atoms with Crippen molar-refractivity contribution in [2.45, 2.75) is 6.18 Å². The fourth-order valence-corrected chi connectivity index (χ4v) is 1.40. The SMILES string of the molecule is N#Cc1ccc(-c2cccc(C(F)(F)F)c2)nn1. The van der Waals surface area contributed by atoms with Crippen LogP contribution in [-0.2, 0) is 6.18 Å². The summed E-state index contributed by atoms with van der Waals surface area (Å²) in [7, 11) is 0. The zero-order valence-corrected chi connectivity index (χ0v) is 8.94. The van der Waals surface area contributed by atoms with E-state index in [0.717, 1.165) is 12.1 Å². The molecule has 0 fully saturated rings. The van der Waals surface area contributed by atoms with Gasteiger partial charge in [0.1, 0.15) is 6.07 Å². The molecule has 1 aromatic carbocycles. The van der Waals surface area contributed by atoms with Gasteiger partial charge in [0.2, 0.25) is 0 Å². The molecule has 0 aliphatic rings. The Morgan fingerprint density at radius 2 is 1.83 bits per heavy atom. The van der Waals surface area contributed by atoms with Gasteiger partial charge in [0, 0.05) is 5.56 Å². The number of hydrogen-bond acceptors (Lipinski definition) is 3. The maximum atomic E-state index is 12.5. The van der Waals surface area contributed by atoms with Crippen LogP contribution in [0.15, 0.2) is 36.4 Å². The Morgan fingerprint density at radius 3 is 2.39 bits per heavy atom. The van der Waals surface area contributed by atoms with Gasteiger partial charge < -0.3 is 0 Å². The molecule has 90 valence electrons. The topological polar surface area (TPSA) is 49.6 Å². The van der Waals surface area contributed by atoms with Crippen molar-refractivity contribution in [1.29, 1.82) is 5.26 Å². The molecular weight excluding hydrogens is 243 g/mol. The lowest BCUT2D eigenvalue weighted by atomic mass is 10.1. The average molecular weight is 249 g/mol. The quantitative estimate of drug-likeness (QED) is 0.780. The predicted molar refractivity (Wildman–Crippen MR) is 57.2 cm³/mol. The van der Waals surface area contributed by atoms with E-state index in [0.29, 0.717) is 11.3 Å². The van der Waals surface area contributed by atoms with Gasteiger partial charge in [0.05, 0.1) is 11.3 Å². The number of nitriles is 1. The van der Waals surface area contributed by atoms with Gasteiger partial charge in [-0.05, 0) is 24.3 Å². The Hall–Kier alpha value is -2.42. The zero-order chi connectivity index (χ0) is 13.2. The van der Waals surface area contributed by atoms with Gasteiger partial charge in [-0.3, -0.25) is 0 Å². The first-order chi connectivity index (χ1) is 8.50. The van der Waals surface area contributed by atoms with E-state index < -0.39 is 11.7 Å². The van der Waals surface area contributed by atoms with E-state index in [-0.39, 0.29) is 5.69 Å². The molecule has 1 aromatic heterocycles. The highest BCUT2D eigenvalue weighted by Crippen LogP contribution is 2.31. The summed E-state index contributed by atoms with van der Waals surface area (Å²) in [6, 6.07) is 9.44. The van der Waals surface area contributed by atoms with Crippen LogP contribution >= 0.6 is 0 Å². The van der Waals surface area contributed by atoms with Crippen molar-refractivity contribution < 1.29 is 13.2 Å². The summed E-state index contributed by atoms with van der Waals surface area (Å²) < 4.78 is 37.6. The summed E-state index contributed by atoms with van der Waals surface area (Å²) >= 11 is 0. The maximum absolute atomic E-state index is 12.5. The molecule has 2 aromatic rings. The highest BCUT2D eigenvalue weighted by atomic mass is 19.4. The molecule has 6 heteroatoms.